The van der Waals surface area contributed by atoms with Gasteiger partial charge in [-0.15, -0.1) is 11.6 Å². The van der Waals surface area contributed by atoms with Crippen molar-refractivity contribution in [1.29, 1.82) is 0 Å². The molecular formula is C12H17ClN2O3. The number of nitrogens with zero attached hydrogens (tertiary/aromatic N) is 1. The van der Waals surface area contributed by atoms with Gasteiger partial charge in [0, 0.05) is 24.5 Å². The van der Waals surface area contributed by atoms with Gasteiger partial charge in [-0.2, -0.15) is 0 Å². The summed E-state index contributed by atoms with van der Waals surface area (Å²) in [5, 5.41) is 20.6. The van der Waals surface area contributed by atoms with Crippen molar-refractivity contribution >= 4 is 28.9 Å². The topological polar surface area (TPSA) is 72.8 Å². The number of benzene rings is 1. The van der Waals surface area contributed by atoms with E-state index in [4.69, 9.17) is 21.8 Å². The first-order valence-corrected chi connectivity index (χ1v) is 6.17. The molecule has 0 saturated heterocycles. The van der Waals surface area contributed by atoms with Crippen LogP contribution in [0.2, 0.25) is 0 Å². The molecular weight excluding hydrogens is 256 g/mol. The van der Waals surface area contributed by atoms with Crippen LogP contribution in [-0.4, -0.2) is 48.3 Å². The van der Waals surface area contributed by atoms with Crippen molar-refractivity contribution in [2.24, 2.45) is 0 Å². The van der Waals surface area contributed by atoms with Crippen LogP contribution in [-0.2, 0) is 4.79 Å². The second-order valence-corrected chi connectivity index (χ2v) is 3.93. The standard InChI is InChI=1S/C12H17ClN2O3/c13-9-12(18)14-10-2-1-3-11(8-10)15(4-6-16)5-7-17/h1-3,8,16-17H,4-7,9H2,(H,14,18). The normalized spacial score (nSPS) is 10.2. The quantitative estimate of drug-likeness (QED) is 0.638. The third-order valence-corrected chi connectivity index (χ3v) is 2.60. The fourth-order valence-electron chi connectivity index (χ4n) is 1.59. The molecule has 0 spiro atoms. The molecule has 0 fully saturated rings. The van der Waals surface area contributed by atoms with Gasteiger partial charge in [-0.25, -0.2) is 0 Å². The average molecular weight is 273 g/mol. The summed E-state index contributed by atoms with van der Waals surface area (Å²) in [5.41, 5.74) is 1.46. The van der Waals surface area contributed by atoms with Gasteiger partial charge in [-0.1, -0.05) is 6.07 Å². The first kappa shape index (κ1) is 14.8. The van der Waals surface area contributed by atoms with E-state index < -0.39 is 0 Å². The molecule has 1 rings (SSSR count). The van der Waals surface area contributed by atoms with Crippen LogP contribution in [0.25, 0.3) is 0 Å². The highest BCUT2D eigenvalue weighted by atomic mass is 35.5. The van der Waals surface area contributed by atoms with Crippen LogP contribution < -0.4 is 10.2 Å². The average Bonchev–Trinajstić information content (AvgIpc) is 2.38. The highest BCUT2D eigenvalue weighted by Gasteiger charge is 2.07. The molecule has 0 aliphatic carbocycles. The van der Waals surface area contributed by atoms with E-state index in [1.54, 1.807) is 18.2 Å². The van der Waals surface area contributed by atoms with Gasteiger partial charge in [0.25, 0.3) is 0 Å². The predicted molar refractivity (Wildman–Crippen MR) is 72.2 cm³/mol. The highest BCUT2D eigenvalue weighted by Crippen LogP contribution is 2.19. The van der Waals surface area contributed by atoms with Crippen LogP contribution >= 0.6 is 11.6 Å². The Morgan fingerprint density at radius 2 is 1.94 bits per heavy atom. The molecule has 0 unspecified atom stereocenters. The maximum atomic E-state index is 11.2. The van der Waals surface area contributed by atoms with Crippen LogP contribution in [0, 0.1) is 0 Å². The second kappa shape index (κ2) is 7.92. The van der Waals surface area contributed by atoms with Crippen molar-refractivity contribution in [1.82, 2.24) is 0 Å². The minimum Gasteiger partial charge on any atom is -0.395 e. The molecule has 1 aromatic carbocycles. The summed E-state index contributed by atoms with van der Waals surface area (Å²) >= 11 is 5.42. The number of hydrogen-bond donors (Lipinski definition) is 3. The lowest BCUT2D eigenvalue weighted by molar-refractivity contribution is -0.113. The summed E-state index contributed by atoms with van der Waals surface area (Å²) < 4.78 is 0. The number of halogens is 1. The predicted octanol–water partition coefficient (Wildman–Crippen LogP) is 0.655. The Labute approximate surface area is 111 Å². The molecule has 0 atom stereocenters. The molecule has 0 heterocycles. The summed E-state index contributed by atoms with van der Waals surface area (Å²) in [6.07, 6.45) is 0. The smallest absolute Gasteiger partial charge is 0.239 e. The zero-order chi connectivity index (χ0) is 13.4. The van der Waals surface area contributed by atoms with Crippen molar-refractivity contribution in [2.45, 2.75) is 0 Å². The van der Waals surface area contributed by atoms with E-state index in [0.717, 1.165) is 5.69 Å². The van der Waals surface area contributed by atoms with Gasteiger partial charge in [0.2, 0.25) is 5.91 Å². The summed E-state index contributed by atoms with van der Waals surface area (Å²) in [4.78, 5) is 13.0. The molecule has 5 nitrogen and oxygen atoms in total. The van der Waals surface area contributed by atoms with Crippen LogP contribution in [0.3, 0.4) is 0 Å². The third-order valence-electron chi connectivity index (χ3n) is 2.36. The second-order valence-electron chi connectivity index (χ2n) is 3.67. The van der Waals surface area contributed by atoms with E-state index in [9.17, 15) is 4.79 Å². The third kappa shape index (κ3) is 4.52. The van der Waals surface area contributed by atoms with Gasteiger partial charge >= 0.3 is 0 Å². The van der Waals surface area contributed by atoms with Gasteiger partial charge in [0.1, 0.15) is 5.88 Å². The summed E-state index contributed by atoms with van der Waals surface area (Å²) in [5.74, 6) is -0.369. The van der Waals surface area contributed by atoms with Crippen molar-refractivity contribution in [3.8, 4) is 0 Å². The van der Waals surface area contributed by atoms with E-state index in [1.807, 2.05) is 11.0 Å². The minimum atomic E-state index is -0.273. The molecule has 18 heavy (non-hydrogen) atoms. The maximum Gasteiger partial charge on any atom is 0.239 e. The number of rotatable bonds is 7. The van der Waals surface area contributed by atoms with E-state index >= 15 is 0 Å². The van der Waals surface area contributed by atoms with Gasteiger partial charge in [-0.3, -0.25) is 4.79 Å². The first-order chi connectivity index (χ1) is 8.71. The number of aliphatic hydroxyl groups excluding tert-OH is 2. The monoisotopic (exact) mass is 272 g/mol. The Kier molecular flexibility index (Phi) is 6.49. The Balaban J connectivity index is 2.81. The van der Waals surface area contributed by atoms with Gasteiger partial charge in [0.15, 0.2) is 0 Å². The molecule has 0 saturated carbocycles. The van der Waals surface area contributed by atoms with E-state index in [0.29, 0.717) is 18.8 Å². The lowest BCUT2D eigenvalue weighted by Gasteiger charge is -2.23. The SMILES string of the molecule is O=C(CCl)Nc1cccc(N(CCO)CCO)c1. The van der Waals surface area contributed by atoms with Crippen LogP contribution in [0.4, 0.5) is 11.4 Å². The zero-order valence-corrected chi connectivity index (χ0v) is 10.7. The molecule has 0 radical (unpaired) electrons. The molecule has 1 aromatic rings. The summed E-state index contributed by atoms with van der Waals surface area (Å²) in [6.45, 7) is 0.845. The number of anilines is 2. The molecule has 0 aliphatic heterocycles. The van der Waals surface area contributed by atoms with Crippen LogP contribution in [0.5, 0.6) is 0 Å². The molecule has 3 N–H and O–H groups in total. The Bertz CT molecular complexity index is 381. The highest BCUT2D eigenvalue weighted by molar-refractivity contribution is 6.29. The van der Waals surface area contributed by atoms with Gasteiger partial charge in [0.05, 0.1) is 13.2 Å². The van der Waals surface area contributed by atoms with Crippen LogP contribution in [0.15, 0.2) is 24.3 Å². The van der Waals surface area contributed by atoms with Crippen molar-refractivity contribution in [2.75, 3.05) is 42.4 Å². The lowest BCUT2D eigenvalue weighted by atomic mass is 10.2. The molecule has 6 heteroatoms. The number of amides is 1. The van der Waals surface area contributed by atoms with Crippen molar-refractivity contribution in [3.63, 3.8) is 0 Å². The Morgan fingerprint density at radius 1 is 1.28 bits per heavy atom. The summed E-state index contributed by atoms with van der Waals surface area (Å²) in [6, 6.07) is 7.17. The fourth-order valence-corrected chi connectivity index (χ4v) is 1.65. The molecule has 0 bridgehead atoms. The molecule has 0 aliphatic rings. The number of hydrogen-bond acceptors (Lipinski definition) is 4. The minimum absolute atomic E-state index is 0.00172. The van der Waals surface area contributed by atoms with E-state index in [-0.39, 0.29) is 25.0 Å². The van der Waals surface area contributed by atoms with Gasteiger partial charge in [-0.05, 0) is 18.2 Å². The Morgan fingerprint density at radius 3 is 2.50 bits per heavy atom. The largest absolute Gasteiger partial charge is 0.395 e. The van der Waals surface area contributed by atoms with Crippen molar-refractivity contribution < 1.29 is 15.0 Å². The number of nitrogens with one attached hydrogen (secondary N) is 1. The number of carbonyl (C=O) groups excluding carboxylic acids is 1. The van der Waals surface area contributed by atoms with Crippen molar-refractivity contribution in [3.05, 3.63) is 24.3 Å². The molecule has 100 valence electrons. The summed E-state index contributed by atoms with van der Waals surface area (Å²) in [7, 11) is 0. The number of alkyl halides is 1. The first-order valence-electron chi connectivity index (χ1n) is 5.63. The lowest BCUT2D eigenvalue weighted by Crippen LogP contribution is -2.29. The maximum absolute atomic E-state index is 11.2. The van der Waals surface area contributed by atoms with E-state index in [1.165, 1.54) is 0 Å². The number of aliphatic hydroxyl groups is 2. The van der Waals surface area contributed by atoms with Crippen LogP contribution in [0.1, 0.15) is 0 Å². The Hall–Kier alpha value is -1.30. The van der Waals surface area contributed by atoms with Gasteiger partial charge < -0.3 is 20.4 Å². The fraction of sp³-hybridized carbons (Fsp3) is 0.417. The molecule has 0 aromatic heterocycles. The molecule has 1 amide bonds. The van der Waals surface area contributed by atoms with E-state index in [2.05, 4.69) is 5.32 Å². The number of carbonyl (C=O) groups is 1. The zero-order valence-electron chi connectivity index (χ0n) is 9.97.